The standard InChI is InChI=1S/C31H35ClF5N7O3/c1-42(2)7-8-44-26-21-25(40-28(41-26)47-16-29-4-3-6-43(29)13-17(33)12-29)23(34)24(39-27(21)46-9-5-30(44)14-45-15-30)19-10-18(38)11-20(32)22(19)31(35,36)37/h10-11,17H,3-9,12-16,38H2,1-2H3/t17-,29+/m1/s1. The van der Waals surface area contributed by atoms with E-state index in [-0.39, 0.29) is 47.5 Å². The molecule has 6 heterocycles. The number of ether oxygens (including phenoxy) is 3. The fourth-order valence-electron chi connectivity index (χ4n) is 7.37. The first-order chi connectivity index (χ1) is 22.3. The molecule has 2 aromatic heterocycles. The number of aromatic nitrogens is 3. The molecule has 3 fully saturated rings. The number of nitrogens with two attached hydrogens (primary N) is 1. The van der Waals surface area contributed by atoms with E-state index >= 15 is 4.39 Å². The Labute approximate surface area is 272 Å². The molecule has 254 valence electrons. The van der Waals surface area contributed by atoms with Crippen molar-refractivity contribution in [3.05, 3.63) is 28.5 Å². The first-order valence-electron chi connectivity index (χ1n) is 15.5. The number of likely N-dealkylation sites (N-methyl/N-ethyl adjacent to an activating group) is 1. The number of fused-ring (bicyclic) bond motifs is 1. The topological polar surface area (TPSA) is 102 Å². The maximum atomic E-state index is 16.8. The lowest BCUT2D eigenvalue weighted by Gasteiger charge is -2.51. The van der Waals surface area contributed by atoms with E-state index in [2.05, 4.69) is 14.9 Å². The number of anilines is 2. The molecule has 1 spiro atoms. The maximum Gasteiger partial charge on any atom is 0.418 e. The van der Waals surface area contributed by atoms with Gasteiger partial charge in [0.2, 0.25) is 5.88 Å². The predicted octanol–water partition coefficient (Wildman–Crippen LogP) is 4.96. The van der Waals surface area contributed by atoms with Gasteiger partial charge in [-0.3, -0.25) is 4.90 Å². The van der Waals surface area contributed by atoms with E-state index in [1.807, 2.05) is 23.9 Å². The summed E-state index contributed by atoms with van der Waals surface area (Å²) in [4.78, 5) is 19.6. The quantitative estimate of drug-likeness (QED) is 0.272. The maximum absolute atomic E-state index is 16.8. The number of rotatable bonds is 7. The van der Waals surface area contributed by atoms with Gasteiger partial charge >= 0.3 is 12.2 Å². The third-order valence-electron chi connectivity index (χ3n) is 9.74. The summed E-state index contributed by atoms with van der Waals surface area (Å²) < 4.78 is 92.2. The smallest absolute Gasteiger partial charge is 0.418 e. The third kappa shape index (κ3) is 5.58. The molecule has 2 N–H and O–H groups in total. The molecular formula is C31H35ClF5N7O3. The van der Waals surface area contributed by atoms with Gasteiger partial charge in [0.15, 0.2) is 5.82 Å². The van der Waals surface area contributed by atoms with Crippen molar-refractivity contribution in [2.75, 3.05) is 77.3 Å². The summed E-state index contributed by atoms with van der Waals surface area (Å²) in [6, 6.07) is 1.74. The number of pyridine rings is 1. The van der Waals surface area contributed by atoms with Gasteiger partial charge in [-0.2, -0.15) is 23.1 Å². The van der Waals surface area contributed by atoms with Gasteiger partial charge in [-0.05, 0) is 45.6 Å². The van der Waals surface area contributed by atoms with Crippen LogP contribution in [0.2, 0.25) is 5.02 Å². The molecule has 3 aromatic rings. The van der Waals surface area contributed by atoms with Gasteiger partial charge in [0.05, 0.1) is 41.5 Å². The first kappa shape index (κ1) is 32.3. The minimum absolute atomic E-state index is 0.0658. The average Bonchev–Trinajstić information content (AvgIpc) is 3.48. The van der Waals surface area contributed by atoms with E-state index < -0.39 is 51.1 Å². The van der Waals surface area contributed by atoms with E-state index in [1.165, 1.54) is 0 Å². The molecule has 4 aliphatic rings. The van der Waals surface area contributed by atoms with E-state index in [9.17, 15) is 17.6 Å². The molecule has 0 amide bonds. The number of halogens is 6. The largest absolute Gasteiger partial charge is 0.477 e. The van der Waals surface area contributed by atoms with Crippen molar-refractivity contribution in [1.29, 1.82) is 0 Å². The molecule has 0 unspecified atom stereocenters. The number of benzene rings is 1. The number of alkyl halides is 4. The Morgan fingerprint density at radius 1 is 1.17 bits per heavy atom. The number of nitrogens with zero attached hydrogens (tertiary/aromatic N) is 6. The Morgan fingerprint density at radius 2 is 1.96 bits per heavy atom. The van der Waals surface area contributed by atoms with Crippen molar-refractivity contribution in [1.82, 2.24) is 24.8 Å². The Morgan fingerprint density at radius 3 is 2.66 bits per heavy atom. The summed E-state index contributed by atoms with van der Waals surface area (Å²) in [5.74, 6) is -1.02. The Hall–Kier alpha value is -3.27. The van der Waals surface area contributed by atoms with E-state index in [1.54, 1.807) is 0 Å². The Balaban J connectivity index is 1.44. The highest BCUT2D eigenvalue weighted by Gasteiger charge is 2.50. The van der Waals surface area contributed by atoms with Crippen LogP contribution in [-0.2, 0) is 10.9 Å². The lowest BCUT2D eigenvalue weighted by atomic mass is 9.90. The lowest BCUT2D eigenvalue weighted by molar-refractivity contribution is -0.137. The van der Waals surface area contributed by atoms with E-state index in [0.29, 0.717) is 45.7 Å². The van der Waals surface area contributed by atoms with Crippen LogP contribution >= 0.6 is 11.6 Å². The van der Waals surface area contributed by atoms with E-state index in [4.69, 9.17) is 36.5 Å². The zero-order chi connectivity index (χ0) is 33.3. The summed E-state index contributed by atoms with van der Waals surface area (Å²) in [5.41, 5.74) is 1.74. The van der Waals surface area contributed by atoms with Gasteiger partial charge in [0.1, 0.15) is 35.2 Å². The lowest BCUT2D eigenvalue weighted by Crippen LogP contribution is -2.64. The Bertz CT molecular complexity index is 1710. The second-order valence-electron chi connectivity index (χ2n) is 13.2. The molecule has 3 saturated heterocycles. The van der Waals surface area contributed by atoms with Crippen molar-refractivity contribution >= 4 is 34.0 Å². The van der Waals surface area contributed by atoms with Crippen LogP contribution in [-0.4, -0.2) is 109 Å². The molecule has 0 radical (unpaired) electrons. The SMILES string of the molecule is CN(C)CCN1c2nc(OC[C@@]34CCCN3C[C@H](F)C4)nc3c(F)c(-c4cc(N)cc(Cl)c4C(F)(F)F)nc(c23)OCCC12COC2. The molecule has 0 bridgehead atoms. The van der Waals surface area contributed by atoms with Crippen LogP contribution in [0.25, 0.3) is 22.2 Å². The Kier molecular flexibility index (Phi) is 8.04. The first-order valence-corrected chi connectivity index (χ1v) is 15.9. The van der Waals surface area contributed by atoms with Crippen molar-refractivity contribution in [2.24, 2.45) is 0 Å². The molecule has 0 aliphatic carbocycles. The minimum atomic E-state index is -4.96. The highest BCUT2D eigenvalue weighted by molar-refractivity contribution is 6.32. The summed E-state index contributed by atoms with van der Waals surface area (Å²) in [6.07, 6.45) is -3.58. The fraction of sp³-hybridized carbons (Fsp3) is 0.581. The monoisotopic (exact) mass is 683 g/mol. The zero-order valence-electron chi connectivity index (χ0n) is 26.0. The molecule has 47 heavy (non-hydrogen) atoms. The van der Waals surface area contributed by atoms with Crippen molar-refractivity contribution in [3.63, 3.8) is 0 Å². The second-order valence-corrected chi connectivity index (χ2v) is 13.6. The van der Waals surface area contributed by atoms with Crippen LogP contribution in [0.3, 0.4) is 0 Å². The summed E-state index contributed by atoms with van der Waals surface area (Å²) in [5, 5.41) is -0.605. The van der Waals surface area contributed by atoms with Gasteiger partial charge in [-0.1, -0.05) is 11.6 Å². The van der Waals surface area contributed by atoms with E-state index in [0.717, 1.165) is 31.5 Å². The molecular weight excluding hydrogens is 649 g/mol. The van der Waals surface area contributed by atoms with Crippen LogP contribution in [0.1, 0.15) is 31.2 Å². The van der Waals surface area contributed by atoms with Crippen molar-refractivity contribution in [2.45, 2.75) is 49.1 Å². The summed E-state index contributed by atoms with van der Waals surface area (Å²) in [6.45, 7) is 3.01. The number of nitrogen functional groups attached to an aromatic ring is 1. The van der Waals surface area contributed by atoms with Crippen LogP contribution in [0.15, 0.2) is 12.1 Å². The summed E-state index contributed by atoms with van der Waals surface area (Å²) in [7, 11) is 3.84. The van der Waals surface area contributed by atoms with Crippen molar-refractivity contribution in [3.8, 4) is 23.1 Å². The number of hydrogen-bond acceptors (Lipinski definition) is 10. The molecule has 0 saturated carbocycles. The second kappa shape index (κ2) is 11.7. The molecule has 7 rings (SSSR count). The zero-order valence-corrected chi connectivity index (χ0v) is 26.7. The van der Waals surface area contributed by atoms with Gasteiger partial charge in [0, 0.05) is 43.7 Å². The molecule has 10 nitrogen and oxygen atoms in total. The van der Waals surface area contributed by atoms with Crippen molar-refractivity contribution < 1.29 is 36.2 Å². The van der Waals surface area contributed by atoms with Crippen LogP contribution in [0.5, 0.6) is 11.9 Å². The minimum Gasteiger partial charge on any atom is -0.477 e. The summed E-state index contributed by atoms with van der Waals surface area (Å²) >= 11 is 6.03. The van der Waals surface area contributed by atoms with Crippen LogP contribution in [0.4, 0.5) is 33.5 Å². The normalized spacial score (nSPS) is 23.9. The predicted molar refractivity (Wildman–Crippen MR) is 165 cm³/mol. The van der Waals surface area contributed by atoms with Crippen LogP contribution < -0.4 is 20.1 Å². The molecule has 4 aliphatic heterocycles. The van der Waals surface area contributed by atoms with Gasteiger partial charge in [-0.25, -0.2) is 13.8 Å². The molecule has 1 aromatic carbocycles. The third-order valence-corrected chi connectivity index (χ3v) is 10.0. The van der Waals surface area contributed by atoms with Gasteiger partial charge < -0.3 is 29.7 Å². The average molecular weight is 684 g/mol. The van der Waals surface area contributed by atoms with Gasteiger partial charge in [-0.15, -0.1) is 0 Å². The highest BCUT2D eigenvalue weighted by atomic mass is 35.5. The fourth-order valence-corrected chi connectivity index (χ4v) is 7.71. The van der Waals surface area contributed by atoms with Crippen LogP contribution in [0, 0.1) is 5.82 Å². The number of hydrogen-bond donors (Lipinski definition) is 1. The van der Waals surface area contributed by atoms with Gasteiger partial charge in [0.25, 0.3) is 0 Å². The molecule has 16 heteroatoms. The molecule has 2 atom stereocenters. The highest BCUT2D eigenvalue weighted by Crippen LogP contribution is 2.48.